The summed E-state index contributed by atoms with van der Waals surface area (Å²) in [5, 5.41) is 3.63. The van der Waals surface area contributed by atoms with E-state index in [1.165, 1.54) is 0 Å². The molecule has 1 amide bonds. The van der Waals surface area contributed by atoms with E-state index < -0.39 is 0 Å². The molecule has 3 rings (SSSR count). The summed E-state index contributed by atoms with van der Waals surface area (Å²) in [6.07, 6.45) is 3.03. The molecule has 1 aliphatic rings. The summed E-state index contributed by atoms with van der Waals surface area (Å²) in [6.45, 7) is 0.566. The van der Waals surface area contributed by atoms with Gasteiger partial charge in [-0.05, 0) is 55.6 Å². The van der Waals surface area contributed by atoms with Crippen LogP contribution in [0.15, 0.2) is 48.5 Å². The largest absolute Gasteiger partial charge is 0.349 e. The molecular weight excluding hydrogens is 371 g/mol. The molecule has 1 aliphatic carbocycles. The monoisotopic (exact) mass is 392 g/mol. The van der Waals surface area contributed by atoms with Crippen molar-refractivity contribution in [1.29, 1.82) is 0 Å². The van der Waals surface area contributed by atoms with Crippen molar-refractivity contribution in [2.24, 2.45) is 11.7 Å². The first-order chi connectivity index (χ1) is 12.1. The van der Waals surface area contributed by atoms with Crippen LogP contribution in [-0.2, 0) is 0 Å². The van der Waals surface area contributed by atoms with E-state index in [0.717, 1.165) is 19.3 Å². The molecule has 2 aromatic carbocycles. The number of nitrogens with two attached hydrogens (primary N) is 1. The Morgan fingerprint density at radius 1 is 1.04 bits per heavy atom. The SMILES string of the molecule is Cl.NCC1CCCC1NC(=O)c1ccccc1C(=O)c1ccc(Cl)cc1. The maximum Gasteiger partial charge on any atom is 0.252 e. The molecule has 4 nitrogen and oxygen atoms in total. The van der Waals surface area contributed by atoms with Crippen LogP contribution >= 0.6 is 24.0 Å². The summed E-state index contributed by atoms with van der Waals surface area (Å²) in [7, 11) is 0. The van der Waals surface area contributed by atoms with Gasteiger partial charge in [0.2, 0.25) is 0 Å². The summed E-state index contributed by atoms with van der Waals surface area (Å²) in [5.41, 5.74) is 7.08. The molecule has 3 N–H and O–H groups in total. The van der Waals surface area contributed by atoms with Gasteiger partial charge in [-0.1, -0.05) is 36.2 Å². The maximum atomic E-state index is 12.8. The van der Waals surface area contributed by atoms with Crippen LogP contribution in [-0.4, -0.2) is 24.3 Å². The number of rotatable bonds is 5. The predicted octanol–water partition coefficient (Wildman–Crippen LogP) is 3.85. The molecule has 138 valence electrons. The first kappa shape index (κ1) is 20.4. The first-order valence-corrected chi connectivity index (χ1v) is 8.88. The molecule has 2 aromatic rings. The minimum atomic E-state index is -0.219. The van der Waals surface area contributed by atoms with Crippen LogP contribution in [0, 0.1) is 5.92 Å². The van der Waals surface area contributed by atoms with E-state index in [9.17, 15) is 9.59 Å². The Morgan fingerprint density at radius 2 is 1.69 bits per heavy atom. The van der Waals surface area contributed by atoms with Gasteiger partial charge in [0.05, 0.1) is 5.56 Å². The third-order valence-corrected chi connectivity index (χ3v) is 5.05. The Hall–Kier alpha value is -1.88. The summed E-state index contributed by atoms with van der Waals surface area (Å²) in [4.78, 5) is 25.5. The van der Waals surface area contributed by atoms with E-state index in [1.807, 2.05) is 0 Å². The second-order valence-electron chi connectivity index (χ2n) is 6.39. The quantitative estimate of drug-likeness (QED) is 0.758. The molecule has 0 radical (unpaired) electrons. The van der Waals surface area contributed by atoms with Crippen LogP contribution in [0.5, 0.6) is 0 Å². The third-order valence-electron chi connectivity index (χ3n) is 4.80. The lowest BCUT2D eigenvalue weighted by Gasteiger charge is -2.20. The average molecular weight is 393 g/mol. The molecule has 0 saturated heterocycles. The van der Waals surface area contributed by atoms with Gasteiger partial charge in [-0.25, -0.2) is 0 Å². The minimum Gasteiger partial charge on any atom is -0.349 e. The smallest absolute Gasteiger partial charge is 0.252 e. The maximum absolute atomic E-state index is 12.8. The highest BCUT2D eigenvalue weighted by Gasteiger charge is 2.28. The highest BCUT2D eigenvalue weighted by Crippen LogP contribution is 2.25. The second kappa shape index (κ2) is 9.17. The van der Waals surface area contributed by atoms with Gasteiger partial charge in [-0.2, -0.15) is 0 Å². The van der Waals surface area contributed by atoms with Gasteiger partial charge < -0.3 is 11.1 Å². The minimum absolute atomic E-state index is 0. The van der Waals surface area contributed by atoms with E-state index in [2.05, 4.69) is 5.32 Å². The third kappa shape index (κ3) is 4.44. The predicted molar refractivity (Wildman–Crippen MR) is 106 cm³/mol. The Morgan fingerprint density at radius 3 is 2.35 bits per heavy atom. The van der Waals surface area contributed by atoms with Gasteiger partial charge in [-0.3, -0.25) is 9.59 Å². The van der Waals surface area contributed by atoms with Gasteiger partial charge in [0.1, 0.15) is 0 Å². The number of nitrogens with one attached hydrogen (secondary N) is 1. The van der Waals surface area contributed by atoms with Crippen LogP contribution in [0.25, 0.3) is 0 Å². The zero-order valence-electron chi connectivity index (χ0n) is 14.3. The Balaban J connectivity index is 0.00000243. The lowest BCUT2D eigenvalue weighted by Crippen LogP contribution is -2.40. The zero-order chi connectivity index (χ0) is 17.8. The highest BCUT2D eigenvalue weighted by atomic mass is 35.5. The van der Waals surface area contributed by atoms with Crippen molar-refractivity contribution in [1.82, 2.24) is 5.32 Å². The molecule has 0 bridgehead atoms. The van der Waals surface area contributed by atoms with Crippen molar-refractivity contribution in [3.05, 3.63) is 70.2 Å². The van der Waals surface area contributed by atoms with E-state index >= 15 is 0 Å². The topological polar surface area (TPSA) is 72.2 Å². The second-order valence-corrected chi connectivity index (χ2v) is 6.82. The standard InChI is InChI=1S/C20H21ClN2O2.ClH/c21-15-10-8-13(9-11-15)19(24)16-5-1-2-6-17(16)20(25)23-18-7-3-4-14(18)12-22;/h1-2,5-6,8-11,14,18H,3-4,7,12,22H2,(H,23,25);1H. The van der Waals surface area contributed by atoms with Crippen molar-refractivity contribution in [3.63, 3.8) is 0 Å². The summed E-state index contributed by atoms with van der Waals surface area (Å²) in [6, 6.07) is 13.6. The lowest BCUT2D eigenvalue weighted by molar-refractivity contribution is 0.0919. The van der Waals surface area contributed by atoms with Crippen molar-refractivity contribution in [2.75, 3.05) is 6.54 Å². The van der Waals surface area contributed by atoms with Gasteiger partial charge in [0.25, 0.3) is 5.91 Å². The number of carbonyl (C=O) groups excluding carboxylic acids is 2. The van der Waals surface area contributed by atoms with Crippen LogP contribution < -0.4 is 11.1 Å². The van der Waals surface area contributed by atoms with Gasteiger partial charge in [0.15, 0.2) is 5.78 Å². The molecular formula is C20H22Cl2N2O2. The molecule has 1 fully saturated rings. The van der Waals surface area contributed by atoms with Crippen molar-refractivity contribution >= 4 is 35.7 Å². The molecule has 26 heavy (non-hydrogen) atoms. The van der Waals surface area contributed by atoms with Crippen molar-refractivity contribution in [3.8, 4) is 0 Å². The highest BCUT2D eigenvalue weighted by molar-refractivity contribution is 6.30. The number of hydrogen-bond acceptors (Lipinski definition) is 3. The fourth-order valence-electron chi connectivity index (χ4n) is 3.39. The fourth-order valence-corrected chi connectivity index (χ4v) is 3.52. The number of benzene rings is 2. The normalized spacial score (nSPS) is 18.8. The Bertz CT molecular complexity index is 778. The molecule has 0 aliphatic heterocycles. The molecule has 0 heterocycles. The number of hydrogen-bond donors (Lipinski definition) is 2. The number of halogens is 2. The molecule has 6 heteroatoms. The Labute approximate surface area is 164 Å². The molecule has 2 atom stereocenters. The Kier molecular flexibility index (Phi) is 7.21. The number of amides is 1. The molecule has 2 unspecified atom stereocenters. The summed E-state index contributed by atoms with van der Waals surface area (Å²) in [5.74, 6) is -0.101. The van der Waals surface area contributed by atoms with Crippen LogP contribution in [0.3, 0.4) is 0 Å². The van der Waals surface area contributed by atoms with E-state index in [-0.39, 0.29) is 30.1 Å². The van der Waals surface area contributed by atoms with Crippen molar-refractivity contribution < 1.29 is 9.59 Å². The van der Waals surface area contributed by atoms with E-state index in [1.54, 1.807) is 48.5 Å². The molecule has 1 saturated carbocycles. The van der Waals surface area contributed by atoms with Gasteiger partial charge in [-0.15, -0.1) is 12.4 Å². The number of ketones is 1. The van der Waals surface area contributed by atoms with Crippen LogP contribution in [0.4, 0.5) is 0 Å². The number of carbonyl (C=O) groups is 2. The van der Waals surface area contributed by atoms with Crippen molar-refractivity contribution in [2.45, 2.75) is 25.3 Å². The van der Waals surface area contributed by atoms with Gasteiger partial charge in [0, 0.05) is 22.2 Å². The summed E-state index contributed by atoms with van der Waals surface area (Å²) < 4.78 is 0. The van der Waals surface area contributed by atoms with E-state index in [0.29, 0.717) is 34.2 Å². The van der Waals surface area contributed by atoms with E-state index in [4.69, 9.17) is 17.3 Å². The average Bonchev–Trinajstić information content (AvgIpc) is 3.09. The van der Waals surface area contributed by atoms with Crippen LogP contribution in [0.2, 0.25) is 5.02 Å². The fraction of sp³-hybridized carbons (Fsp3) is 0.300. The molecule has 0 spiro atoms. The van der Waals surface area contributed by atoms with Crippen LogP contribution in [0.1, 0.15) is 45.5 Å². The van der Waals surface area contributed by atoms with Gasteiger partial charge >= 0.3 is 0 Å². The zero-order valence-corrected chi connectivity index (χ0v) is 15.9. The summed E-state index contributed by atoms with van der Waals surface area (Å²) >= 11 is 5.88. The first-order valence-electron chi connectivity index (χ1n) is 8.50. The lowest BCUT2D eigenvalue weighted by atomic mass is 9.97. The molecule has 0 aromatic heterocycles.